The van der Waals surface area contributed by atoms with Gasteiger partial charge >= 0.3 is 0 Å². The summed E-state index contributed by atoms with van der Waals surface area (Å²) in [6.07, 6.45) is 4.74. The molecular formula is C26H31FN4O. The Hall–Kier alpha value is -2.99. The van der Waals surface area contributed by atoms with Gasteiger partial charge in [-0.1, -0.05) is 6.07 Å². The van der Waals surface area contributed by atoms with Crippen LogP contribution in [0.2, 0.25) is 0 Å². The van der Waals surface area contributed by atoms with E-state index in [-0.39, 0.29) is 17.8 Å². The first-order chi connectivity index (χ1) is 15.4. The normalized spacial score (nSPS) is 15.1. The molecule has 2 aromatic heterocycles. The minimum atomic E-state index is -0.265. The first kappa shape index (κ1) is 22.2. The highest BCUT2D eigenvalue weighted by Crippen LogP contribution is 2.24. The Labute approximate surface area is 189 Å². The van der Waals surface area contributed by atoms with Crippen LogP contribution in [0.15, 0.2) is 54.7 Å². The van der Waals surface area contributed by atoms with Crippen molar-refractivity contribution >= 4 is 5.91 Å². The average Bonchev–Trinajstić information content (AvgIpc) is 3.12. The van der Waals surface area contributed by atoms with Crippen LogP contribution in [0, 0.1) is 19.7 Å². The maximum absolute atomic E-state index is 13.3. The van der Waals surface area contributed by atoms with Gasteiger partial charge in [-0.25, -0.2) is 4.39 Å². The lowest BCUT2D eigenvalue weighted by Crippen LogP contribution is -2.46. The van der Waals surface area contributed by atoms with Crippen molar-refractivity contribution in [2.24, 2.45) is 0 Å². The van der Waals surface area contributed by atoms with Gasteiger partial charge in [0.05, 0.1) is 5.56 Å². The molecule has 1 saturated heterocycles. The Morgan fingerprint density at radius 1 is 1.12 bits per heavy atom. The van der Waals surface area contributed by atoms with E-state index in [9.17, 15) is 9.18 Å². The van der Waals surface area contributed by atoms with Crippen molar-refractivity contribution in [3.05, 3.63) is 83.2 Å². The zero-order chi connectivity index (χ0) is 22.7. The monoisotopic (exact) mass is 434 g/mol. The number of piperidine rings is 1. The van der Waals surface area contributed by atoms with Gasteiger partial charge in [0, 0.05) is 68.1 Å². The summed E-state index contributed by atoms with van der Waals surface area (Å²) in [5.74, 6) is -0.211. The van der Waals surface area contributed by atoms with Gasteiger partial charge in [-0.2, -0.15) is 0 Å². The molecule has 0 spiro atoms. The van der Waals surface area contributed by atoms with Gasteiger partial charge in [0.25, 0.3) is 5.91 Å². The number of nitrogens with zero attached hydrogens (tertiary/aromatic N) is 4. The Balaban J connectivity index is 1.38. The number of rotatable bonds is 6. The first-order valence-corrected chi connectivity index (χ1v) is 11.3. The third kappa shape index (κ3) is 4.75. The highest BCUT2D eigenvalue weighted by Gasteiger charge is 2.28. The fraction of sp³-hybridized carbons (Fsp3) is 0.385. The Morgan fingerprint density at radius 3 is 2.50 bits per heavy atom. The summed E-state index contributed by atoms with van der Waals surface area (Å²) in [5.41, 5.74) is 4.56. The Morgan fingerprint density at radius 2 is 1.84 bits per heavy atom. The van der Waals surface area contributed by atoms with Crippen LogP contribution in [0.3, 0.4) is 0 Å². The molecular weight excluding hydrogens is 403 g/mol. The number of aryl methyl sites for hydroxylation is 1. The topological polar surface area (TPSA) is 41.4 Å². The second-order valence-electron chi connectivity index (χ2n) is 8.66. The first-order valence-electron chi connectivity index (χ1n) is 11.3. The highest BCUT2D eigenvalue weighted by molar-refractivity contribution is 5.96. The Kier molecular flexibility index (Phi) is 6.70. The van der Waals surface area contributed by atoms with Crippen LogP contribution in [-0.4, -0.2) is 58.0 Å². The standard InChI is InChI=1S/C26H31FN4O/c1-19-18-25(20(2)31(19)24-9-7-21(27)8-10-24)26(32)29(3)23-12-16-30(17-13-23)15-11-22-6-4-5-14-28-22/h4-10,14,18,23H,11-13,15-17H2,1-3H3. The third-order valence-corrected chi connectivity index (χ3v) is 6.58. The number of benzene rings is 1. The number of halogens is 1. The number of amides is 1. The van der Waals surface area contributed by atoms with Crippen LogP contribution >= 0.6 is 0 Å². The molecule has 0 atom stereocenters. The van der Waals surface area contributed by atoms with E-state index in [1.807, 2.05) is 54.8 Å². The predicted molar refractivity (Wildman–Crippen MR) is 125 cm³/mol. The molecule has 0 bridgehead atoms. The van der Waals surface area contributed by atoms with E-state index in [1.54, 1.807) is 12.1 Å². The lowest BCUT2D eigenvalue weighted by molar-refractivity contribution is 0.0642. The molecule has 0 unspecified atom stereocenters. The molecule has 168 valence electrons. The number of likely N-dealkylation sites (tertiary alicyclic amines) is 1. The summed E-state index contributed by atoms with van der Waals surface area (Å²) in [5, 5.41) is 0. The molecule has 3 heterocycles. The van der Waals surface area contributed by atoms with Gasteiger partial charge in [-0.05, 0) is 69.2 Å². The van der Waals surface area contributed by atoms with Crippen molar-refractivity contribution in [2.45, 2.75) is 39.2 Å². The van der Waals surface area contributed by atoms with Crippen molar-refractivity contribution in [2.75, 3.05) is 26.7 Å². The predicted octanol–water partition coefficient (Wildman–Crippen LogP) is 4.41. The summed E-state index contributed by atoms with van der Waals surface area (Å²) in [6, 6.07) is 14.6. The Bertz CT molecular complexity index is 1050. The second kappa shape index (κ2) is 9.65. The van der Waals surface area contributed by atoms with Crippen LogP contribution < -0.4 is 0 Å². The number of hydrogen-bond donors (Lipinski definition) is 0. The molecule has 1 aliphatic rings. The number of hydrogen-bond acceptors (Lipinski definition) is 3. The molecule has 1 aliphatic heterocycles. The smallest absolute Gasteiger partial charge is 0.255 e. The van der Waals surface area contributed by atoms with E-state index in [0.29, 0.717) is 5.56 Å². The van der Waals surface area contributed by atoms with E-state index >= 15 is 0 Å². The molecule has 1 aromatic carbocycles. The van der Waals surface area contributed by atoms with E-state index in [1.165, 1.54) is 12.1 Å². The van der Waals surface area contributed by atoms with Gasteiger partial charge in [-0.15, -0.1) is 0 Å². The number of carbonyl (C=O) groups excluding carboxylic acids is 1. The summed E-state index contributed by atoms with van der Waals surface area (Å²) in [4.78, 5) is 22.1. The number of aromatic nitrogens is 2. The second-order valence-corrected chi connectivity index (χ2v) is 8.66. The largest absolute Gasteiger partial charge is 0.339 e. The minimum Gasteiger partial charge on any atom is -0.339 e. The van der Waals surface area contributed by atoms with Crippen molar-refractivity contribution < 1.29 is 9.18 Å². The van der Waals surface area contributed by atoms with Crippen LogP contribution in [-0.2, 0) is 6.42 Å². The van der Waals surface area contributed by atoms with Crippen molar-refractivity contribution in [3.63, 3.8) is 0 Å². The van der Waals surface area contributed by atoms with E-state index < -0.39 is 0 Å². The van der Waals surface area contributed by atoms with Gasteiger partial charge in [-0.3, -0.25) is 9.78 Å². The molecule has 3 aromatic rings. The van der Waals surface area contributed by atoms with Gasteiger partial charge in [0.2, 0.25) is 0 Å². The maximum Gasteiger partial charge on any atom is 0.255 e. The third-order valence-electron chi connectivity index (χ3n) is 6.58. The highest BCUT2D eigenvalue weighted by atomic mass is 19.1. The molecule has 32 heavy (non-hydrogen) atoms. The van der Waals surface area contributed by atoms with Crippen LogP contribution in [0.25, 0.3) is 5.69 Å². The quantitative estimate of drug-likeness (QED) is 0.577. The van der Waals surface area contributed by atoms with Gasteiger partial charge < -0.3 is 14.4 Å². The molecule has 0 radical (unpaired) electrons. The zero-order valence-electron chi connectivity index (χ0n) is 19.1. The lowest BCUT2D eigenvalue weighted by atomic mass is 10.0. The van der Waals surface area contributed by atoms with Crippen molar-refractivity contribution in [1.82, 2.24) is 19.4 Å². The summed E-state index contributed by atoms with van der Waals surface area (Å²) < 4.78 is 15.3. The van der Waals surface area contributed by atoms with Crippen LogP contribution in [0.1, 0.15) is 40.3 Å². The van der Waals surface area contributed by atoms with E-state index in [0.717, 1.165) is 61.7 Å². The molecule has 6 heteroatoms. The lowest BCUT2D eigenvalue weighted by Gasteiger charge is -2.36. The zero-order valence-corrected chi connectivity index (χ0v) is 19.1. The SMILES string of the molecule is Cc1cc(C(=O)N(C)C2CCN(CCc3ccccn3)CC2)c(C)n1-c1ccc(F)cc1. The molecule has 4 rings (SSSR count). The summed E-state index contributed by atoms with van der Waals surface area (Å²) in [7, 11) is 1.92. The molecule has 0 aliphatic carbocycles. The molecule has 1 amide bonds. The van der Waals surface area contributed by atoms with Crippen LogP contribution in [0.4, 0.5) is 4.39 Å². The van der Waals surface area contributed by atoms with Gasteiger partial charge in [0.1, 0.15) is 5.82 Å². The van der Waals surface area contributed by atoms with Crippen molar-refractivity contribution in [3.8, 4) is 5.69 Å². The fourth-order valence-corrected chi connectivity index (χ4v) is 4.67. The summed E-state index contributed by atoms with van der Waals surface area (Å²) in [6.45, 7) is 6.92. The maximum atomic E-state index is 13.3. The number of pyridine rings is 1. The molecule has 0 saturated carbocycles. The van der Waals surface area contributed by atoms with E-state index in [2.05, 4.69) is 16.0 Å². The summed E-state index contributed by atoms with van der Waals surface area (Å²) >= 11 is 0. The van der Waals surface area contributed by atoms with Crippen LogP contribution in [0.5, 0.6) is 0 Å². The van der Waals surface area contributed by atoms with Crippen molar-refractivity contribution in [1.29, 1.82) is 0 Å². The molecule has 1 fully saturated rings. The van der Waals surface area contributed by atoms with E-state index in [4.69, 9.17) is 0 Å². The molecule has 0 N–H and O–H groups in total. The minimum absolute atomic E-state index is 0.0541. The molecule has 5 nitrogen and oxygen atoms in total. The number of carbonyl (C=O) groups is 1. The van der Waals surface area contributed by atoms with Gasteiger partial charge in [0.15, 0.2) is 0 Å². The average molecular weight is 435 g/mol. The fourth-order valence-electron chi connectivity index (χ4n) is 4.67.